The van der Waals surface area contributed by atoms with E-state index in [0.29, 0.717) is 0 Å². The van der Waals surface area contributed by atoms with Gasteiger partial charge in [0.25, 0.3) is 0 Å². The van der Waals surface area contributed by atoms with Crippen molar-refractivity contribution in [3.8, 4) is 0 Å². The van der Waals surface area contributed by atoms with Crippen molar-refractivity contribution in [2.45, 2.75) is 122 Å². The molecule has 0 aromatic carbocycles. The SMILES string of the molecule is CCCCCCCCCCCCCCCC[SiH2][SiH](Cl)CCC. The number of rotatable bonds is 18. The summed E-state index contributed by atoms with van der Waals surface area (Å²) < 4.78 is 0. The Labute approximate surface area is 150 Å². The van der Waals surface area contributed by atoms with Crippen molar-refractivity contribution in [1.82, 2.24) is 0 Å². The average Bonchev–Trinajstić information content (AvgIpc) is 2.51. The van der Waals surface area contributed by atoms with E-state index in [1.165, 1.54) is 102 Å². The molecule has 0 N–H and O–H groups in total. The summed E-state index contributed by atoms with van der Waals surface area (Å²) >= 11 is 6.44. The van der Waals surface area contributed by atoms with Crippen LogP contribution in [-0.2, 0) is 0 Å². The van der Waals surface area contributed by atoms with Crippen LogP contribution < -0.4 is 0 Å². The number of halogens is 1. The van der Waals surface area contributed by atoms with Gasteiger partial charge in [0.1, 0.15) is 7.62 Å². The van der Waals surface area contributed by atoms with Crippen molar-refractivity contribution < 1.29 is 0 Å². The number of unbranched alkanes of at least 4 members (excludes halogenated alkanes) is 13. The van der Waals surface area contributed by atoms with Crippen LogP contribution in [-0.4, -0.2) is 16.7 Å². The monoisotopic (exact) mass is 362 g/mol. The van der Waals surface area contributed by atoms with E-state index < -0.39 is 7.62 Å². The molecule has 1 atom stereocenters. The summed E-state index contributed by atoms with van der Waals surface area (Å²) in [5.41, 5.74) is 0. The Bertz CT molecular complexity index is 200. The minimum Gasteiger partial charge on any atom is -0.176 e. The summed E-state index contributed by atoms with van der Waals surface area (Å²) in [5, 5.41) is 0. The van der Waals surface area contributed by atoms with Gasteiger partial charge >= 0.3 is 0 Å². The van der Waals surface area contributed by atoms with Gasteiger partial charge in [0, 0.05) is 9.04 Å². The number of hydrogen-bond acceptors (Lipinski definition) is 0. The van der Waals surface area contributed by atoms with Crippen molar-refractivity contribution >= 4 is 27.7 Å². The second kappa shape index (κ2) is 19.8. The molecule has 0 aliphatic rings. The largest absolute Gasteiger partial charge is 0.176 e. The predicted molar refractivity (Wildman–Crippen MR) is 112 cm³/mol. The average molecular weight is 363 g/mol. The van der Waals surface area contributed by atoms with E-state index in [4.69, 9.17) is 11.1 Å². The Kier molecular flexibility index (Phi) is 20.4. The summed E-state index contributed by atoms with van der Waals surface area (Å²) in [5.74, 6) is 0. The molecule has 0 spiro atoms. The summed E-state index contributed by atoms with van der Waals surface area (Å²) in [6.45, 7) is 4.58. The first-order valence-corrected chi connectivity index (χ1v) is 17.3. The highest BCUT2D eigenvalue weighted by Gasteiger charge is 2.05. The zero-order valence-electron chi connectivity index (χ0n) is 15.7. The Morgan fingerprint density at radius 1 is 0.591 bits per heavy atom. The van der Waals surface area contributed by atoms with Crippen LogP contribution in [0.4, 0.5) is 0 Å². The van der Waals surface area contributed by atoms with Crippen LogP contribution in [0.25, 0.3) is 0 Å². The highest BCUT2D eigenvalue weighted by atomic mass is 35.6. The van der Waals surface area contributed by atoms with Gasteiger partial charge in [0.15, 0.2) is 0 Å². The lowest BCUT2D eigenvalue weighted by Gasteiger charge is -2.05. The molecule has 0 fully saturated rings. The molecule has 0 saturated carbocycles. The summed E-state index contributed by atoms with van der Waals surface area (Å²) in [4.78, 5) is 0. The second-order valence-electron chi connectivity index (χ2n) is 7.12. The molecule has 0 nitrogen and oxygen atoms in total. The quantitative estimate of drug-likeness (QED) is 0.141. The minimum atomic E-state index is -0.682. The molecule has 0 radical (unpaired) electrons. The van der Waals surface area contributed by atoms with Crippen LogP contribution >= 0.6 is 11.1 Å². The maximum atomic E-state index is 6.44. The molecule has 0 aromatic rings. The third-order valence-electron chi connectivity index (χ3n) is 4.72. The molecule has 3 heteroatoms. The zero-order valence-corrected chi connectivity index (χ0v) is 19.0. The van der Waals surface area contributed by atoms with E-state index in [2.05, 4.69) is 13.8 Å². The summed E-state index contributed by atoms with van der Waals surface area (Å²) in [7, 11) is -0.515. The van der Waals surface area contributed by atoms with Gasteiger partial charge in [-0.2, -0.15) is 11.1 Å². The van der Waals surface area contributed by atoms with Gasteiger partial charge in [-0.3, -0.25) is 0 Å². The molecule has 0 rings (SSSR count). The maximum absolute atomic E-state index is 6.44. The van der Waals surface area contributed by atoms with E-state index in [-0.39, 0.29) is 9.04 Å². The van der Waals surface area contributed by atoms with Gasteiger partial charge in [-0.15, -0.1) is 0 Å². The Morgan fingerprint density at radius 3 is 1.41 bits per heavy atom. The fraction of sp³-hybridized carbons (Fsp3) is 1.00. The van der Waals surface area contributed by atoms with Crippen molar-refractivity contribution in [3.63, 3.8) is 0 Å². The molecule has 22 heavy (non-hydrogen) atoms. The van der Waals surface area contributed by atoms with Gasteiger partial charge in [-0.05, 0) is 6.04 Å². The van der Waals surface area contributed by atoms with Gasteiger partial charge in [0.05, 0.1) is 0 Å². The smallest absolute Gasteiger partial charge is 0.125 e. The van der Waals surface area contributed by atoms with Crippen LogP contribution in [0, 0.1) is 0 Å². The van der Waals surface area contributed by atoms with Crippen LogP contribution in [0.15, 0.2) is 0 Å². The van der Waals surface area contributed by atoms with E-state index in [1.807, 2.05) is 0 Å². The fourth-order valence-corrected chi connectivity index (χ4v) is 11.5. The van der Waals surface area contributed by atoms with Crippen molar-refractivity contribution in [3.05, 3.63) is 0 Å². The molecular formula is C19H43ClSi2. The molecule has 0 aliphatic carbocycles. The first kappa shape index (κ1) is 22.7. The Hall–Kier alpha value is 0.724. The third kappa shape index (κ3) is 18.8. The normalized spacial score (nSPS) is 13.2. The van der Waals surface area contributed by atoms with Crippen LogP contribution in [0.2, 0.25) is 12.1 Å². The van der Waals surface area contributed by atoms with Gasteiger partial charge in [-0.1, -0.05) is 116 Å². The highest BCUT2D eigenvalue weighted by Crippen LogP contribution is 2.13. The Balaban J connectivity index is 3.00. The molecule has 1 unspecified atom stereocenters. The lowest BCUT2D eigenvalue weighted by atomic mass is 10.0. The van der Waals surface area contributed by atoms with Crippen molar-refractivity contribution in [2.24, 2.45) is 0 Å². The van der Waals surface area contributed by atoms with Gasteiger partial charge in [-0.25, -0.2) is 0 Å². The molecule has 0 bridgehead atoms. The highest BCUT2D eigenvalue weighted by molar-refractivity contribution is 7.36. The van der Waals surface area contributed by atoms with Gasteiger partial charge in [0.2, 0.25) is 0 Å². The third-order valence-corrected chi connectivity index (χ3v) is 14.4. The maximum Gasteiger partial charge on any atom is 0.125 e. The second-order valence-corrected chi connectivity index (χ2v) is 18.3. The summed E-state index contributed by atoms with van der Waals surface area (Å²) in [6, 6.07) is 2.94. The van der Waals surface area contributed by atoms with Crippen molar-refractivity contribution in [1.29, 1.82) is 0 Å². The van der Waals surface area contributed by atoms with Crippen LogP contribution in [0.3, 0.4) is 0 Å². The fourth-order valence-electron chi connectivity index (χ4n) is 3.19. The molecular weight excluding hydrogens is 320 g/mol. The standard InChI is InChI=1S/C19H43ClSi2/c1-3-5-6-7-8-9-10-11-12-13-14-15-16-17-18-21-22(20)19-4-2/h22H,3-19,21H2,1-2H3. The molecule has 134 valence electrons. The lowest BCUT2D eigenvalue weighted by molar-refractivity contribution is 0.538. The van der Waals surface area contributed by atoms with Crippen LogP contribution in [0.5, 0.6) is 0 Å². The molecule has 0 heterocycles. The van der Waals surface area contributed by atoms with Gasteiger partial charge < -0.3 is 0 Å². The van der Waals surface area contributed by atoms with Crippen molar-refractivity contribution in [2.75, 3.05) is 0 Å². The lowest BCUT2D eigenvalue weighted by Crippen LogP contribution is -2.13. The summed E-state index contributed by atoms with van der Waals surface area (Å²) in [6.07, 6.45) is 21.9. The molecule has 0 aromatic heterocycles. The van der Waals surface area contributed by atoms with Crippen LogP contribution in [0.1, 0.15) is 110 Å². The first-order chi connectivity index (χ1) is 10.8. The molecule has 0 aliphatic heterocycles. The number of hydrogen-bond donors (Lipinski definition) is 0. The zero-order chi connectivity index (χ0) is 16.3. The van der Waals surface area contributed by atoms with E-state index in [0.717, 1.165) is 0 Å². The minimum absolute atomic E-state index is 0.167. The Morgan fingerprint density at radius 2 is 1.00 bits per heavy atom. The molecule has 0 saturated heterocycles. The van der Waals surface area contributed by atoms with E-state index in [9.17, 15) is 0 Å². The topological polar surface area (TPSA) is 0 Å². The van der Waals surface area contributed by atoms with E-state index >= 15 is 0 Å². The molecule has 0 amide bonds. The van der Waals surface area contributed by atoms with E-state index in [1.54, 1.807) is 6.04 Å². The first-order valence-electron chi connectivity index (χ1n) is 10.4. The predicted octanol–water partition coefficient (Wildman–Crippen LogP) is 6.92.